The number of thiophene rings is 1. The molecule has 0 atom stereocenters. The lowest BCUT2D eigenvalue weighted by molar-refractivity contribution is 0.0990. The molecule has 5 rings (SSSR count). The predicted octanol–water partition coefficient (Wildman–Crippen LogP) is 6.53. The van der Waals surface area contributed by atoms with E-state index in [-0.39, 0.29) is 11.6 Å². The van der Waals surface area contributed by atoms with Crippen LogP contribution in [0.5, 0.6) is 5.75 Å². The molecule has 0 bridgehead atoms. The largest absolute Gasteiger partial charge is 0.495 e. The lowest BCUT2D eigenvalue weighted by Gasteiger charge is -2.10. The van der Waals surface area contributed by atoms with Gasteiger partial charge in [-0.3, -0.25) is 9.59 Å². The second-order valence-corrected chi connectivity index (χ2v) is 9.07. The maximum absolute atomic E-state index is 13.6. The third-order valence-electron chi connectivity index (χ3n) is 5.41. The van der Waals surface area contributed by atoms with Crippen molar-refractivity contribution in [3.05, 3.63) is 88.8 Å². The quantitative estimate of drug-likeness (QED) is 0.264. The van der Waals surface area contributed by atoms with Gasteiger partial charge in [0.2, 0.25) is 5.78 Å². The van der Waals surface area contributed by atoms with E-state index in [1.165, 1.54) is 30.0 Å². The maximum atomic E-state index is 13.6. The first kappa shape index (κ1) is 21.2. The second kappa shape index (κ2) is 8.69. The highest BCUT2D eigenvalue weighted by molar-refractivity contribution is 7.18. The number of hydrogen-bond acceptors (Lipinski definition) is 7. The van der Waals surface area contributed by atoms with Gasteiger partial charge < -0.3 is 4.74 Å². The van der Waals surface area contributed by atoms with E-state index >= 15 is 0 Å². The molecule has 0 spiro atoms. The summed E-state index contributed by atoms with van der Waals surface area (Å²) in [5.74, 6) is 0.0933. The Labute approximate surface area is 198 Å². The van der Waals surface area contributed by atoms with Crippen LogP contribution >= 0.6 is 23.1 Å². The summed E-state index contributed by atoms with van der Waals surface area (Å²) in [6, 6.07) is 22.8. The van der Waals surface area contributed by atoms with Crippen molar-refractivity contribution in [2.24, 2.45) is 0 Å². The van der Waals surface area contributed by atoms with Gasteiger partial charge in [-0.25, -0.2) is 0 Å². The molecule has 162 valence electrons. The molecule has 0 N–H and O–H groups in total. The summed E-state index contributed by atoms with van der Waals surface area (Å²) in [5, 5.41) is 0. The Morgan fingerprint density at radius 2 is 1.55 bits per heavy atom. The standard InChI is InChI=1S/C26H18N2O3S2/c1-15(29)20-12-17(16-6-4-3-5-7-16)8-10-19(20)25(30)26-23(31-2)14-24(32-26)18-9-11-21-22(13-18)28-33-27-21/h3-14H,1-2H3. The van der Waals surface area contributed by atoms with E-state index in [4.69, 9.17) is 4.74 Å². The first-order valence-electron chi connectivity index (χ1n) is 10.2. The summed E-state index contributed by atoms with van der Waals surface area (Å²) < 4.78 is 14.1. The van der Waals surface area contributed by atoms with E-state index in [0.29, 0.717) is 21.8 Å². The molecule has 0 saturated carbocycles. The van der Waals surface area contributed by atoms with Crippen molar-refractivity contribution in [1.82, 2.24) is 8.75 Å². The minimum absolute atomic E-state index is 0.159. The van der Waals surface area contributed by atoms with Crippen LogP contribution in [0, 0.1) is 0 Å². The SMILES string of the molecule is COc1cc(-c2ccc3nsnc3c2)sc1C(=O)c1ccc(-c2ccccc2)cc1C(C)=O. The van der Waals surface area contributed by atoms with Crippen molar-refractivity contribution in [2.75, 3.05) is 7.11 Å². The van der Waals surface area contributed by atoms with Crippen molar-refractivity contribution >= 4 is 45.7 Å². The highest BCUT2D eigenvalue weighted by Gasteiger charge is 2.23. The van der Waals surface area contributed by atoms with Gasteiger partial charge in [-0.15, -0.1) is 11.3 Å². The zero-order valence-corrected chi connectivity index (χ0v) is 19.5. The molecule has 0 aliphatic heterocycles. The minimum Gasteiger partial charge on any atom is -0.495 e. The van der Waals surface area contributed by atoms with Crippen molar-refractivity contribution < 1.29 is 14.3 Å². The molecule has 0 amide bonds. The molecular formula is C26H18N2O3S2. The smallest absolute Gasteiger partial charge is 0.207 e. The zero-order valence-electron chi connectivity index (χ0n) is 17.9. The van der Waals surface area contributed by atoms with E-state index in [9.17, 15) is 9.59 Å². The Morgan fingerprint density at radius 3 is 2.30 bits per heavy atom. The van der Waals surface area contributed by atoms with Gasteiger partial charge in [-0.1, -0.05) is 42.5 Å². The molecule has 7 heteroatoms. The molecule has 33 heavy (non-hydrogen) atoms. The molecular weight excluding hydrogens is 452 g/mol. The molecule has 0 unspecified atom stereocenters. The second-order valence-electron chi connectivity index (χ2n) is 7.49. The molecule has 0 fully saturated rings. The molecule has 5 aromatic rings. The summed E-state index contributed by atoms with van der Waals surface area (Å²) in [7, 11) is 1.54. The monoisotopic (exact) mass is 470 g/mol. The van der Waals surface area contributed by atoms with Crippen molar-refractivity contribution in [1.29, 1.82) is 0 Å². The Kier molecular flexibility index (Phi) is 5.58. The lowest BCUT2D eigenvalue weighted by Crippen LogP contribution is -2.08. The number of methoxy groups -OCH3 is 1. The van der Waals surface area contributed by atoms with E-state index in [1.54, 1.807) is 19.2 Å². The number of carbonyl (C=O) groups is 2. The topological polar surface area (TPSA) is 69.2 Å². The number of nitrogens with zero attached hydrogens (tertiary/aromatic N) is 2. The fraction of sp³-hybridized carbons (Fsp3) is 0.0769. The summed E-state index contributed by atoms with van der Waals surface area (Å²) in [4.78, 5) is 27.4. The van der Waals surface area contributed by atoms with E-state index < -0.39 is 0 Å². The van der Waals surface area contributed by atoms with Gasteiger partial charge in [-0.2, -0.15) is 8.75 Å². The molecule has 3 aromatic carbocycles. The number of ether oxygens (including phenoxy) is 1. The van der Waals surface area contributed by atoms with Crippen LogP contribution in [-0.2, 0) is 0 Å². The highest BCUT2D eigenvalue weighted by Crippen LogP contribution is 2.39. The Bertz CT molecular complexity index is 1500. The summed E-state index contributed by atoms with van der Waals surface area (Å²) in [5.41, 5.74) is 5.23. The fourth-order valence-electron chi connectivity index (χ4n) is 3.73. The number of Topliss-reactive ketones (excluding diaryl/α,β-unsaturated/α-hetero) is 1. The Hall–Kier alpha value is -3.68. The van der Waals surface area contributed by atoms with Crippen molar-refractivity contribution in [2.45, 2.75) is 6.92 Å². The molecule has 0 aliphatic rings. The fourth-order valence-corrected chi connectivity index (χ4v) is 5.32. The van der Waals surface area contributed by atoms with E-state index in [2.05, 4.69) is 8.75 Å². The number of rotatable bonds is 6. The van der Waals surface area contributed by atoms with Crippen LogP contribution in [-0.4, -0.2) is 27.4 Å². The van der Waals surface area contributed by atoms with Gasteiger partial charge in [0.05, 0.1) is 18.8 Å². The van der Waals surface area contributed by atoms with E-state index in [1.807, 2.05) is 60.7 Å². The number of carbonyl (C=O) groups excluding carboxylic acids is 2. The average Bonchev–Trinajstić information content (AvgIpc) is 3.50. The van der Waals surface area contributed by atoms with Crippen LogP contribution in [0.4, 0.5) is 0 Å². The van der Waals surface area contributed by atoms with Gasteiger partial charge in [0, 0.05) is 16.0 Å². The third-order valence-corrected chi connectivity index (χ3v) is 7.13. The third kappa shape index (κ3) is 3.97. The van der Waals surface area contributed by atoms with Gasteiger partial charge in [0.1, 0.15) is 21.7 Å². The number of hydrogen-bond donors (Lipinski definition) is 0. The van der Waals surface area contributed by atoms with Crippen LogP contribution in [0.1, 0.15) is 32.5 Å². The first-order valence-corrected chi connectivity index (χ1v) is 11.8. The molecule has 0 saturated heterocycles. The summed E-state index contributed by atoms with van der Waals surface area (Å²) >= 11 is 2.51. The summed E-state index contributed by atoms with van der Waals surface area (Å²) in [6.07, 6.45) is 0. The maximum Gasteiger partial charge on any atom is 0.207 e. The minimum atomic E-state index is -0.232. The zero-order chi connectivity index (χ0) is 22.9. The highest BCUT2D eigenvalue weighted by atomic mass is 32.1. The molecule has 5 nitrogen and oxygen atoms in total. The molecule has 0 radical (unpaired) electrons. The Balaban J connectivity index is 1.57. The Morgan fingerprint density at radius 1 is 0.788 bits per heavy atom. The van der Waals surface area contributed by atoms with Gasteiger partial charge >= 0.3 is 0 Å². The van der Waals surface area contributed by atoms with Gasteiger partial charge in [-0.05, 0) is 53.9 Å². The molecule has 2 aromatic heterocycles. The number of ketones is 2. The van der Waals surface area contributed by atoms with Crippen LogP contribution in [0.3, 0.4) is 0 Å². The number of aromatic nitrogens is 2. The van der Waals surface area contributed by atoms with Crippen LogP contribution < -0.4 is 4.74 Å². The first-order chi connectivity index (χ1) is 16.0. The summed E-state index contributed by atoms with van der Waals surface area (Å²) in [6.45, 7) is 1.48. The predicted molar refractivity (Wildman–Crippen MR) is 133 cm³/mol. The average molecular weight is 471 g/mol. The lowest BCUT2D eigenvalue weighted by atomic mass is 9.94. The van der Waals surface area contributed by atoms with Gasteiger partial charge in [0.15, 0.2) is 5.78 Å². The number of benzene rings is 3. The van der Waals surface area contributed by atoms with Crippen molar-refractivity contribution in [3.63, 3.8) is 0 Å². The molecule has 2 heterocycles. The van der Waals surface area contributed by atoms with Crippen molar-refractivity contribution in [3.8, 4) is 27.3 Å². The van der Waals surface area contributed by atoms with Gasteiger partial charge in [0.25, 0.3) is 0 Å². The van der Waals surface area contributed by atoms with Crippen LogP contribution in [0.15, 0.2) is 72.8 Å². The number of fused-ring (bicyclic) bond motifs is 1. The van der Waals surface area contributed by atoms with Crippen LogP contribution in [0.2, 0.25) is 0 Å². The normalized spacial score (nSPS) is 11.0. The molecule has 0 aliphatic carbocycles. The van der Waals surface area contributed by atoms with Crippen LogP contribution in [0.25, 0.3) is 32.6 Å². The van der Waals surface area contributed by atoms with E-state index in [0.717, 1.165) is 32.6 Å².